The third kappa shape index (κ3) is 3.75. The van der Waals surface area contributed by atoms with Gasteiger partial charge in [0.05, 0.1) is 0 Å². The molecule has 1 aliphatic heterocycles. The van der Waals surface area contributed by atoms with Crippen LogP contribution in [0.5, 0.6) is 0 Å². The van der Waals surface area contributed by atoms with E-state index >= 15 is 0 Å². The van der Waals surface area contributed by atoms with Gasteiger partial charge in [-0.2, -0.15) is 4.31 Å². The van der Waals surface area contributed by atoms with Crippen LogP contribution >= 0.6 is 0 Å². The smallest absolute Gasteiger partial charge is 0.323 e. The zero-order valence-electron chi connectivity index (χ0n) is 12.6. The molecule has 1 fully saturated rings. The minimum absolute atomic E-state index is 0.154. The van der Waals surface area contributed by atoms with Gasteiger partial charge in [0, 0.05) is 25.8 Å². The van der Waals surface area contributed by atoms with Gasteiger partial charge in [0.1, 0.15) is 17.3 Å². The number of hydrogen-bond acceptors (Lipinski definition) is 5. The van der Waals surface area contributed by atoms with E-state index in [4.69, 9.17) is 5.11 Å². The summed E-state index contributed by atoms with van der Waals surface area (Å²) in [6, 6.07) is 3.07. The first-order valence-electron chi connectivity index (χ1n) is 7.38. The van der Waals surface area contributed by atoms with Gasteiger partial charge in [0.15, 0.2) is 0 Å². The molecule has 1 aromatic rings. The number of rotatable bonds is 7. The topological polar surface area (TPSA) is 90.8 Å². The Morgan fingerprint density at radius 2 is 2.05 bits per heavy atom. The number of nitrogens with zero attached hydrogens (tertiary/aromatic N) is 3. The van der Waals surface area contributed by atoms with Gasteiger partial charge in [0.2, 0.25) is 10.0 Å². The van der Waals surface area contributed by atoms with E-state index in [1.807, 2.05) is 6.92 Å². The van der Waals surface area contributed by atoms with Gasteiger partial charge in [-0.25, -0.2) is 13.4 Å². The Morgan fingerprint density at radius 1 is 1.36 bits per heavy atom. The van der Waals surface area contributed by atoms with Crippen LogP contribution in [0.15, 0.2) is 23.2 Å². The molecule has 122 valence electrons. The highest BCUT2D eigenvalue weighted by Gasteiger charge is 2.27. The summed E-state index contributed by atoms with van der Waals surface area (Å²) < 4.78 is 26.3. The van der Waals surface area contributed by atoms with Crippen LogP contribution in [0.25, 0.3) is 0 Å². The molecule has 0 aliphatic carbocycles. The SMILES string of the molecule is CCCN(CC(=O)O)c1ccc(S(=O)(=O)N2CCCC2)cn1. The van der Waals surface area contributed by atoms with E-state index in [9.17, 15) is 13.2 Å². The highest BCUT2D eigenvalue weighted by atomic mass is 32.2. The first-order chi connectivity index (χ1) is 10.4. The average Bonchev–Trinajstić information content (AvgIpc) is 3.01. The second-order valence-corrected chi connectivity index (χ2v) is 7.22. The fourth-order valence-corrected chi connectivity index (χ4v) is 3.96. The summed E-state index contributed by atoms with van der Waals surface area (Å²) in [5.74, 6) is -0.464. The van der Waals surface area contributed by atoms with Crippen molar-refractivity contribution in [1.82, 2.24) is 9.29 Å². The number of carboxylic acid groups (broad SMARTS) is 1. The van der Waals surface area contributed by atoms with E-state index in [0.29, 0.717) is 25.5 Å². The molecule has 0 aromatic carbocycles. The maximum Gasteiger partial charge on any atom is 0.323 e. The van der Waals surface area contributed by atoms with Crippen molar-refractivity contribution in [3.63, 3.8) is 0 Å². The zero-order chi connectivity index (χ0) is 16.2. The van der Waals surface area contributed by atoms with Crippen molar-refractivity contribution in [2.75, 3.05) is 31.1 Å². The fourth-order valence-electron chi connectivity index (χ4n) is 2.50. The molecule has 0 radical (unpaired) electrons. The van der Waals surface area contributed by atoms with Crippen molar-refractivity contribution in [2.45, 2.75) is 31.1 Å². The Bertz CT molecular complexity index is 609. The van der Waals surface area contributed by atoms with Gasteiger partial charge in [-0.15, -0.1) is 0 Å². The Hall–Kier alpha value is -1.67. The highest BCUT2D eigenvalue weighted by Crippen LogP contribution is 2.21. The number of anilines is 1. The first-order valence-corrected chi connectivity index (χ1v) is 8.82. The van der Waals surface area contributed by atoms with Crippen molar-refractivity contribution in [3.8, 4) is 0 Å². The van der Waals surface area contributed by atoms with Crippen LogP contribution in [0.4, 0.5) is 5.82 Å². The number of carboxylic acids is 1. The predicted molar refractivity (Wildman–Crippen MR) is 82.4 cm³/mol. The second kappa shape index (κ2) is 7.06. The summed E-state index contributed by atoms with van der Waals surface area (Å²) in [6.45, 7) is 3.44. The molecular weight excluding hydrogens is 306 g/mol. The van der Waals surface area contributed by atoms with E-state index in [-0.39, 0.29) is 11.4 Å². The van der Waals surface area contributed by atoms with Crippen LogP contribution < -0.4 is 4.90 Å². The van der Waals surface area contributed by atoms with Crippen molar-refractivity contribution in [3.05, 3.63) is 18.3 Å². The lowest BCUT2D eigenvalue weighted by Gasteiger charge is -2.21. The first kappa shape index (κ1) is 16.7. The molecule has 1 N–H and O–H groups in total. The van der Waals surface area contributed by atoms with Crippen molar-refractivity contribution in [2.24, 2.45) is 0 Å². The van der Waals surface area contributed by atoms with Gasteiger partial charge in [-0.3, -0.25) is 4.79 Å². The molecule has 8 heteroatoms. The summed E-state index contributed by atoms with van der Waals surface area (Å²) in [7, 11) is -3.48. The van der Waals surface area contributed by atoms with E-state index in [1.54, 1.807) is 11.0 Å². The number of aromatic nitrogens is 1. The molecular formula is C14H21N3O4S. The molecule has 0 bridgehead atoms. The molecule has 0 amide bonds. The molecule has 2 rings (SSSR count). The van der Waals surface area contributed by atoms with Crippen LogP contribution in [0.1, 0.15) is 26.2 Å². The molecule has 2 heterocycles. The maximum atomic E-state index is 12.4. The van der Waals surface area contributed by atoms with Crippen molar-refractivity contribution in [1.29, 1.82) is 0 Å². The quantitative estimate of drug-likeness (QED) is 0.808. The molecule has 0 atom stereocenters. The largest absolute Gasteiger partial charge is 0.480 e. The van der Waals surface area contributed by atoms with Crippen LogP contribution in [0.2, 0.25) is 0 Å². The normalized spacial score (nSPS) is 15.9. The summed E-state index contributed by atoms with van der Waals surface area (Å²) in [5.41, 5.74) is 0. The molecule has 7 nitrogen and oxygen atoms in total. The third-order valence-corrected chi connectivity index (χ3v) is 5.45. The van der Waals surface area contributed by atoms with Crippen molar-refractivity contribution >= 4 is 21.8 Å². The summed E-state index contributed by atoms with van der Waals surface area (Å²) >= 11 is 0. The lowest BCUT2D eigenvalue weighted by atomic mass is 10.3. The fraction of sp³-hybridized carbons (Fsp3) is 0.571. The molecule has 0 unspecified atom stereocenters. The number of carbonyl (C=O) groups is 1. The monoisotopic (exact) mass is 327 g/mol. The Kier molecular flexibility index (Phi) is 5.36. The Balaban J connectivity index is 2.19. The Morgan fingerprint density at radius 3 is 2.55 bits per heavy atom. The number of pyridine rings is 1. The van der Waals surface area contributed by atoms with Crippen molar-refractivity contribution < 1.29 is 18.3 Å². The molecule has 0 spiro atoms. The van der Waals surface area contributed by atoms with Gasteiger partial charge < -0.3 is 10.0 Å². The lowest BCUT2D eigenvalue weighted by Crippen LogP contribution is -2.31. The standard InChI is InChI=1S/C14H21N3O4S/c1-2-7-16(11-14(18)19)13-6-5-12(10-15-13)22(20,21)17-8-3-4-9-17/h5-6,10H,2-4,7-9,11H2,1H3,(H,18,19). The van der Waals surface area contributed by atoms with Crippen LogP contribution in [0, 0.1) is 0 Å². The highest BCUT2D eigenvalue weighted by molar-refractivity contribution is 7.89. The number of sulfonamides is 1. The maximum absolute atomic E-state index is 12.4. The van der Waals surface area contributed by atoms with Crippen LogP contribution in [-0.2, 0) is 14.8 Å². The second-order valence-electron chi connectivity index (χ2n) is 5.28. The number of hydrogen-bond donors (Lipinski definition) is 1. The molecule has 1 saturated heterocycles. The molecule has 1 aliphatic rings. The van der Waals surface area contributed by atoms with E-state index in [1.165, 1.54) is 16.6 Å². The summed E-state index contributed by atoms with van der Waals surface area (Å²) in [4.78, 5) is 16.8. The van der Waals surface area contributed by atoms with Crippen LogP contribution in [-0.4, -0.2) is 55.0 Å². The molecule has 0 saturated carbocycles. The molecule has 22 heavy (non-hydrogen) atoms. The van der Waals surface area contributed by atoms with Gasteiger partial charge >= 0.3 is 5.97 Å². The minimum Gasteiger partial charge on any atom is -0.480 e. The minimum atomic E-state index is -3.48. The van der Waals surface area contributed by atoms with Gasteiger partial charge in [0.25, 0.3) is 0 Å². The van der Waals surface area contributed by atoms with Crippen LogP contribution in [0.3, 0.4) is 0 Å². The molecule has 1 aromatic heterocycles. The Labute approximate surface area is 130 Å². The summed E-state index contributed by atoms with van der Waals surface area (Å²) in [5, 5.41) is 8.93. The van der Waals surface area contributed by atoms with E-state index in [0.717, 1.165) is 19.3 Å². The van der Waals surface area contributed by atoms with E-state index < -0.39 is 16.0 Å². The van der Waals surface area contributed by atoms with E-state index in [2.05, 4.69) is 4.98 Å². The third-order valence-electron chi connectivity index (χ3n) is 3.57. The summed E-state index contributed by atoms with van der Waals surface area (Å²) in [6.07, 6.45) is 3.86. The predicted octanol–water partition coefficient (Wildman–Crippen LogP) is 1.17. The van der Waals surface area contributed by atoms with Gasteiger partial charge in [-0.1, -0.05) is 6.92 Å². The van der Waals surface area contributed by atoms with Gasteiger partial charge in [-0.05, 0) is 31.4 Å². The number of aliphatic carboxylic acids is 1. The average molecular weight is 327 g/mol. The zero-order valence-corrected chi connectivity index (χ0v) is 13.4. The lowest BCUT2D eigenvalue weighted by molar-refractivity contribution is -0.135.